The number of aliphatic imine (C=N–C) groups is 1. The molecular weight excluding hydrogens is 278 g/mol. The normalized spacial score (nSPS) is 11.0. The van der Waals surface area contributed by atoms with Crippen molar-refractivity contribution >= 4 is 5.96 Å². The van der Waals surface area contributed by atoms with Gasteiger partial charge in [-0.3, -0.25) is 4.99 Å². The molecule has 122 valence electrons. The Hall–Kier alpha value is -2.17. The zero-order valence-electron chi connectivity index (χ0n) is 14.1. The number of nitrogens with zero attached hydrogens (tertiary/aromatic N) is 2. The van der Waals surface area contributed by atoms with E-state index in [-0.39, 0.29) is 0 Å². The Morgan fingerprint density at radius 1 is 1.36 bits per heavy atom. The minimum absolute atomic E-state index is 0.644. The van der Waals surface area contributed by atoms with Crippen molar-refractivity contribution in [2.75, 3.05) is 34.9 Å². The molecule has 0 aliphatic rings. The van der Waals surface area contributed by atoms with Gasteiger partial charge in [-0.2, -0.15) is 0 Å². The molecule has 0 aromatic heterocycles. The summed E-state index contributed by atoms with van der Waals surface area (Å²) >= 11 is 0. The van der Waals surface area contributed by atoms with Gasteiger partial charge in [0.05, 0.1) is 14.2 Å². The first kappa shape index (κ1) is 17.9. The monoisotopic (exact) mass is 305 g/mol. The quantitative estimate of drug-likeness (QED) is 0.347. The van der Waals surface area contributed by atoms with Gasteiger partial charge in [0.1, 0.15) is 11.5 Å². The highest BCUT2D eigenvalue weighted by atomic mass is 16.5. The topological polar surface area (TPSA) is 46.1 Å². The standard InChI is InChI=1S/C17H27N3O2/c1-6-7-8-11-20(3)17(18-2)19-13-14-9-10-15(21-4)12-16(14)22-5/h6,9-10,12H,1,7-8,11,13H2,2-5H3,(H,18,19). The molecule has 0 aliphatic heterocycles. The Morgan fingerprint density at radius 2 is 2.14 bits per heavy atom. The van der Waals surface area contributed by atoms with Crippen LogP contribution in [0.25, 0.3) is 0 Å². The molecule has 5 nitrogen and oxygen atoms in total. The number of ether oxygens (including phenoxy) is 2. The van der Waals surface area contributed by atoms with Gasteiger partial charge < -0.3 is 19.7 Å². The van der Waals surface area contributed by atoms with Crippen molar-refractivity contribution in [1.29, 1.82) is 0 Å². The first-order valence-corrected chi connectivity index (χ1v) is 7.39. The van der Waals surface area contributed by atoms with Crippen LogP contribution in [0.15, 0.2) is 35.8 Å². The Labute approximate surface area is 133 Å². The van der Waals surface area contributed by atoms with E-state index in [0.29, 0.717) is 6.54 Å². The molecule has 5 heteroatoms. The van der Waals surface area contributed by atoms with Gasteiger partial charge in [-0.25, -0.2) is 0 Å². The number of hydrogen-bond donors (Lipinski definition) is 1. The van der Waals surface area contributed by atoms with Gasteiger partial charge in [-0.1, -0.05) is 6.08 Å². The van der Waals surface area contributed by atoms with Crippen molar-refractivity contribution in [3.8, 4) is 11.5 Å². The summed E-state index contributed by atoms with van der Waals surface area (Å²) in [6.07, 6.45) is 4.01. The van der Waals surface area contributed by atoms with E-state index in [4.69, 9.17) is 9.47 Å². The van der Waals surface area contributed by atoms with E-state index in [1.54, 1.807) is 21.3 Å². The van der Waals surface area contributed by atoms with Gasteiger partial charge in [-0.05, 0) is 25.0 Å². The number of methoxy groups -OCH3 is 2. The number of rotatable bonds is 8. The molecule has 1 rings (SSSR count). The van der Waals surface area contributed by atoms with E-state index in [9.17, 15) is 0 Å². The van der Waals surface area contributed by atoms with Crippen LogP contribution in [0.3, 0.4) is 0 Å². The average Bonchev–Trinajstić information content (AvgIpc) is 2.55. The number of nitrogens with one attached hydrogen (secondary N) is 1. The van der Waals surface area contributed by atoms with E-state index < -0.39 is 0 Å². The fraction of sp³-hybridized carbons (Fsp3) is 0.471. The van der Waals surface area contributed by atoms with Crippen LogP contribution in [-0.4, -0.2) is 45.7 Å². The smallest absolute Gasteiger partial charge is 0.193 e. The Bertz CT molecular complexity index is 501. The molecule has 0 heterocycles. The van der Waals surface area contributed by atoms with E-state index in [1.165, 1.54) is 0 Å². The third-order valence-corrected chi connectivity index (χ3v) is 3.41. The van der Waals surface area contributed by atoms with E-state index >= 15 is 0 Å². The molecule has 1 aromatic carbocycles. The molecule has 0 saturated carbocycles. The second kappa shape index (κ2) is 9.71. The molecular formula is C17H27N3O2. The summed E-state index contributed by atoms with van der Waals surface area (Å²) < 4.78 is 10.6. The summed E-state index contributed by atoms with van der Waals surface area (Å²) in [5, 5.41) is 3.35. The van der Waals surface area contributed by atoms with Crippen LogP contribution in [-0.2, 0) is 6.54 Å². The maximum Gasteiger partial charge on any atom is 0.193 e. The lowest BCUT2D eigenvalue weighted by atomic mass is 10.2. The number of benzene rings is 1. The van der Waals surface area contributed by atoms with Gasteiger partial charge in [0.2, 0.25) is 0 Å². The first-order chi connectivity index (χ1) is 10.7. The molecule has 0 spiro atoms. The van der Waals surface area contributed by atoms with Crippen LogP contribution in [0.5, 0.6) is 11.5 Å². The van der Waals surface area contributed by atoms with Crippen molar-refractivity contribution < 1.29 is 9.47 Å². The fourth-order valence-electron chi connectivity index (χ4n) is 2.14. The lowest BCUT2D eigenvalue weighted by Crippen LogP contribution is -2.39. The summed E-state index contributed by atoms with van der Waals surface area (Å²) in [4.78, 5) is 6.42. The predicted octanol–water partition coefficient (Wildman–Crippen LogP) is 2.68. The molecule has 22 heavy (non-hydrogen) atoms. The lowest BCUT2D eigenvalue weighted by Gasteiger charge is -2.22. The van der Waals surface area contributed by atoms with Gasteiger partial charge in [-0.15, -0.1) is 6.58 Å². The molecule has 0 saturated heterocycles. The van der Waals surface area contributed by atoms with Crippen molar-refractivity contribution in [3.63, 3.8) is 0 Å². The van der Waals surface area contributed by atoms with Gasteiger partial charge in [0.25, 0.3) is 0 Å². The van der Waals surface area contributed by atoms with E-state index in [0.717, 1.165) is 42.4 Å². The third kappa shape index (κ3) is 5.31. The van der Waals surface area contributed by atoms with Gasteiger partial charge >= 0.3 is 0 Å². The maximum atomic E-state index is 5.41. The molecule has 0 radical (unpaired) electrons. The Morgan fingerprint density at radius 3 is 2.73 bits per heavy atom. The molecule has 0 amide bonds. The lowest BCUT2D eigenvalue weighted by molar-refractivity contribution is 0.390. The molecule has 0 aliphatic carbocycles. The molecule has 1 N–H and O–H groups in total. The van der Waals surface area contributed by atoms with Crippen molar-refractivity contribution in [1.82, 2.24) is 10.2 Å². The number of allylic oxidation sites excluding steroid dienone is 1. The van der Waals surface area contributed by atoms with Crippen molar-refractivity contribution in [3.05, 3.63) is 36.4 Å². The Kier molecular flexibility index (Phi) is 7.89. The maximum absolute atomic E-state index is 5.41. The molecule has 0 unspecified atom stereocenters. The highest BCUT2D eigenvalue weighted by Crippen LogP contribution is 2.24. The van der Waals surface area contributed by atoms with Crippen LogP contribution in [0.2, 0.25) is 0 Å². The Balaban J connectivity index is 2.64. The van der Waals surface area contributed by atoms with Crippen LogP contribution < -0.4 is 14.8 Å². The zero-order valence-corrected chi connectivity index (χ0v) is 14.1. The summed E-state index contributed by atoms with van der Waals surface area (Å²) in [6.45, 7) is 5.32. The molecule has 0 bridgehead atoms. The highest BCUT2D eigenvalue weighted by molar-refractivity contribution is 5.79. The first-order valence-electron chi connectivity index (χ1n) is 7.39. The average molecular weight is 305 g/mol. The van der Waals surface area contributed by atoms with E-state index in [1.807, 2.05) is 31.3 Å². The number of hydrogen-bond acceptors (Lipinski definition) is 3. The van der Waals surface area contributed by atoms with Crippen molar-refractivity contribution in [2.45, 2.75) is 19.4 Å². The van der Waals surface area contributed by atoms with E-state index in [2.05, 4.69) is 21.8 Å². The summed E-state index contributed by atoms with van der Waals surface area (Å²) in [5.41, 5.74) is 1.06. The SMILES string of the molecule is C=CCCCN(C)C(=NC)NCc1ccc(OC)cc1OC. The fourth-order valence-corrected chi connectivity index (χ4v) is 2.14. The van der Waals surface area contributed by atoms with Crippen LogP contribution in [0.1, 0.15) is 18.4 Å². The largest absolute Gasteiger partial charge is 0.497 e. The summed E-state index contributed by atoms with van der Waals surface area (Å²) in [5.74, 6) is 2.45. The zero-order chi connectivity index (χ0) is 16.4. The van der Waals surface area contributed by atoms with Crippen LogP contribution in [0, 0.1) is 0 Å². The predicted molar refractivity (Wildman–Crippen MR) is 91.8 cm³/mol. The third-order valence-electron chi connectivity index (χ3n) is 3.41. The minimum atomic E-state index is 0.644. The summed E-state index contributed by atoms with van der Waals surface area (Å²) in [6, 6.07) is 5.80. The van der Waals surface area contributed by atoms with Gasteiger partial charge in [0.15, 0.2) is 5.96 Å². The van der Waals surface area contributed by atoms with Gasteiger partial charge in [0, 0.05) is 38.8 Å². The summed E-state index contributed by atoms with van der Waals surface area (Å²) in [7, 11) is 7.13. The number of unbranched alkanes of at least 4 members (excludes halogenated alkanes) is 1. The van der Waals surface area contributed by atoms with Crippen LogP contribution in [0.4, 0.5) is 0 Å². The number of guanidine groups is 1. The minimum Gasteiger partial charge on any atom is -0.497 e. The second-order valence-corrected chi connectivity index (χ2v) is 4.93. The van der Waals surface area contributed by atoms with Crippen molar-refractivity contribution in [2.24, 2.45) is 4.99 Å². The molecule has 1 aromatic rings. The highest BCUT2D eigenvalue weighted by Gasteiger charge is 2.08. The molecule has 0 fully saturated rings. The second-order valence-electron chi connectivity index (χ2n) is 4.93. The molecule has 0 atom stereocenters. The van der Waals surface area contributed by atoms with Crippen LogP contribution >= 0.6 is 0 Å².